The molecule has 4 amide bonds. The number of thiazole rings is 2. The minimum absolute atomic E-state index is 0. The predicted molar refractivity (Wildman–Crippen MR) is 297 cm³/mol. The first-order chi connectivity index (χ1) is 39.8. The first kappa shape index (κ1) is 73.7. The van der Waals surface area contributed by atoms with Gasteiger partial charge < -0.3 is 88.3 Å². The number of nitrogen functional groups attached to an aromatic ring is 2. The first-order valence-corrected chi connectivity index (χ1v) is 30.6. The van der Waals surface area contributed by atoms with Gasteiger partial charge in [-0.25, -0.2) is 19.6 Å². The number of fused-ring (bicyclic) bond motifs is 2. The van der Waals surface area contributed by atoms with E-state index >= 15 is 0 Å². The minimum Gasteiger partial charge on any atom is -0.548 e. The summed E-state index contributed by atoms with van der Waals surface area (Å²) in [4.78, 5) is 170. The molecule has 4 aromatic heterocycles. The van der Waals surface area contributed by atoms with Crippen LogP contribution in [0.15, 0.2) is 73.1 Å². The minimum atomic E-state index is -1.62. The SMILES string of the molecule is CO/N=C(\C(=O)N[C@@H]1C(=O)N2C(C(=O)[O-])=C(CSc3[nH]c(=O)c(=O)n(SCC(N)C(=O)[O-])[nH+]3)CS[C@H]12)c1csc(N)n1.CO/N=C(\C(=O)N[C@@H]1C(=O)N2C(C(=O)[O-])=C(CSc3[nH]c(=O)c(=O)n(SCC(N)C(=O)[O-])[nH+]3)CS[C@H]12)c1csc(N)n1.O.[Na+].[Na+]. The number of carboxylic acids is 4. The monoisotopic (exact) mass is 1380 g/mol. The smallest absolute Gasteiger partial charge is 0.548 e. The van der Waals surface area contributed by atoms with Gasteiger partial charge in [0.25, 0.3) is 23.6 Å². The van der Waals surface area contributed by atoms with Crippen LogP contribution < -0.4 is 146 Å². The van der Waals surface area contributed by atoms with Gasteiger partial charge in [-0.2, -0.15) is 20.2 Å². The number of amides is 4. The Hall–Kier alpha value is -5.76. The molecule has 0 saturated carbocycles. The molecule has 2 fully saturated rings. The number of nitrogens with zero attached hydrogens (tertiary/aromatic N) is 8. The van der Waals surface area contributed by atoms with Crippen LogP contribution in [0.5, 0.6) is 0 Å². The van der Waals surface area contributed by atoms with Crippen LogP contribution in [0.3, 0.4) is 0 Å². The van der Waals surface area contributed by atoms with E-state index in [9.17, 15) is 78.0 Å². The number of nitrogens with two attached hydrogens (primary N) is 4. The zero-order chi connectivity index (χ0) is 61.4. The maximum absolute atomic E-state index is 13.0. The third-order valence-corrected chi connectivity index (χ3v) is 19.2. The third kappa shape index (κ3) is 17.4. The largest absolute Gasteiger partial charge is 1.00 e. The molecule has 0 aromatic carbocycles. The fraction of sp³-hybridized carbons (Fsp3) is 0.350. The second-order valence-electron chi connectivity index (χ2n) is 16.6. The molecule has 0 spiro atoms. The van der Waals surface area contributed by atoms with Crippen LogP contribution in [0.2, 0.25) is 0 Å². The molecule has 0 aliphatic carbocycles. The van der Waals surface area contributed by atoms with E-state index in [0.29, 0.717) is 23.9 Å². The summed E-state index contributed by atoms with van der Waals surface area (Å²) in [6, 6.07) is -4.97. The normalized spacial score (nSPS) is 18.5. The van der Waals surface area contributed by atoms with Gasteiger partial charge >= 0.3 is 91.7 Å². The number of aromatic amines is 4. The fourth-order valence-electron chi connectivity index (χ4n) is 7.29. The Kier molecular flexibility index (Phi) is 27.7. The first-order valence-electron chi connectivity index (χ1n) is 22.9. The van der Waals surface area contributed by atoms with E-state index in [-0.39, 0.29) is 165 Å². The molecular weight excluding hydrogens is 1340 g/mol. The number of oxime groups is 2. The molecule has 2 unspecified atom stereocenters. The molecule has 4 aliphatic heterocycles. The summed E-state index contributed by atoms with van der Waals surface area (Å²) in [6.45, 7) is 0. The van der Waals surface area contributed by atoms with Crippen LogP contribution in [-0.4, -0.2) is 186 Å². The summed E-state index contributed by atoms with van der Waals surface area (Å²) in [5, 5.41) is 65.3. The quantitative estimate of drug-likeness (QED) is 0.00806. The van der Waals surface area contributed by atoms with E-state index in [2.05, 4.69) is 51.1 Å². The van der Waals surface area contributed by atoms with Gasteiger partial charge in [-0.3, -0.25) is 38.6 Å². The molecule has 87 heavy (non-hydrogen) atoms. The van der Waals surface area contributed by atoms with Crippen LogP contribution in [0.4, 0.5) is 10.3 Å². The molecule has 0 bridgehead atoms. The summed E-state index contributed by atoms with van der Waals surface area (Å²) in [5.74, 6) is -9.71. The van der Waals surface area contributed by atoms with Crippen molar-refractivity contribution in [1.29, 1.82) is 0 Å². The maximum Gasteiger partial charge on any atom is 1.00 e. The van der Waals surface area contributed by atoms with Crippen molar-refractivity contribution in [2.45, 2.75) is 45.2 Å². The van der Waals surface area contributed by atoms with E-state index in [1.807, 2.05) is 0 Å². The van der Waals surface area contributed by atoms with Crippen molar-refractivity contribution in [3.63, 3.8) is 0 Å². The van der Waals surface area contributed by atoms with Gasteiger partial charge in [0, 0.05) is 69.2 Å². The predicted octanol–water partition coefficient (Wildman–Crippen LogP) is -17.8. The van der Waals surface area contributed by atoms with Gasteiger partial charge in [-0.05, 0) is 34.7 Å². The molecule has 2 saturated heterocycles. The van der Waals surface area contributed by atoms with Crippen LogP contribution >= 0.6 is 93.6 Å². The van der Waals surface area contributed by atoms with Crippen LogP contribution in [-0.2, 0) is 48.0 Å². The number of hydrogen-bond acceptors (Lipinski definition) is 34. The van der Waals surface area contributed by atoms with Gasteiger partial charge in [0.15, 0.2) is 21.7 Å². The van der Waals surface area contributed by atoms with Crippen molar-refractivity contribution >= 4 is 163 Å². The van der Waals surface area contributed by atoms with E-state index in [1.54, 1.807) is 0 Å². The topological polar surface area (TPSA) is 602 Å². The zero-order valence-corrected chi connectivity index (χ0v) is 55.4. The van der Waals surface area contributed by atoms with E-state index in [1.165, 1.54) is 48.5 Å². The molecule has 8 heterocycles. The van der Waals surface area contributed by atoms with Gasteiger partial charge in [-0.15, -0.1) is 54.4 Å². The zero-order valence-electron chi connectivity index (χ0n) is 44.9. The van der Waals surface area contributed by atoms with Gasteiger partial charge in [0.1, 0.15) is 48.4 Å². The van der Waals surface area contributed by atoms with Crippen LogP contribution in [0.25, 0.3) is 0 Å². The van der Waals surface area contributed by atoms with E-state index in [4.69, 9.17) is 32.6 Å². The van der Waals surface area contributed by atoms with Crippen molar-refractivity contribution in [2.75, 3.05) is 60.2 Å². The number of thioether (sulfide) groups is 4. The van der Waals surface area contributed by atoms with Crippen molar-refractivity contribution in [2.24, 2.45) is 21.8 Å². The molecule has 16 N–H and O–H groups in total. The number of aromatic nitrogens is 8. The molecule has 8 rings (SSSR count). The molecule has 456 valence electrons. The molecule has 0 radical (unpaired) electrons. The second-order valence-corrected chi connectivity index (χ2v) is 24.5. The molecule has 6 atom stereocenters. The standard InChI is InChI=1S/2C20H21N9O9S4.2Na.H2O/c2*1-38-27-9(8-5-40-19(22)23-8)12(30)24-10-14(32)28-11(18(36)37)6(2-39-16(10)28)3-41-20-25-13(31)15(33)29(26-20)42-4-7(21)17(34)35;;;/h2*5,7,10,16H,2-4,21H2,1H3,(H2,22,23)(H,24,30)(H,34,35)(H,36,37)(H,25,26,31);;;1H2/q;;2*+1;/p-2/b2*27-9-;;;/t2*7?,10-,16-;;;/m11.../s1. The number of carbonyl (C=O) groups is 8. The Morgan fingerprint density at radius 1 is 0.678 bits per heavy atom. The number of anilines is 2. The van der Waals surface area contributed by atoms with Crippen molar-refractivity contribution < 1.29 is 143 Å². The number of β-lactam (4-membered cyclic amide) rings is 2. The van der Waals surface area contributed by atoms with Crippen molar-refractivity contribution in [3.8, 4) is 0 Å². The van der Waals surface area contributed by atoms with Gasteiger partial charge in [0.05, 0.1) is 47.4 Å². The second kappa shape index (κ2) is 32.6. The Morgan fingerprint density at radius 2 is 1.03 bits per heavy atom. The van der Waals surface area contributed by atoms with Gasteiger partial charge in [-0.1, -0.05) is 10.3 Å². The molecular formula is C40H42N18Na2O19S8. The molecule has 47 heteroatoms. The average Bonchev–Trinajstić information content (AvgIpc) is 1.15. The Bertz CT molecular complexity index is 3490. The van der Waals surface area contributed by atoms with Crippen molar-refractivity contribution in [3.05, 3.63) is 86.1 Å². The fourth-order valence-corrected chi connectivity index (χ4v) is 14.8. The summed E-state index contributed by atoms with van der Waals surface area (Å²) in [6.07, 6.45) is 0. The summed E-state index contributed by atoms with van der Waals surface area (Å²) < 4.78 is 1.58. The van der Waals surface area contributed by atoms with E-state index < -0.39 is 105 Å². The summed E-state index contributed by atoms with van der Waals surface area (Å²) in [5.41, 5.74) is 17.5. The molecule has 4 aliphatic rings. The summed E-state index contributed by atoms with van der Waals surface area (Å²) in [7, 11) is 2.44. The molecule has 4 aromatic rings. The number of nitrogens with one attached hydrogen (secondary N) is 6. The number of H-pyrrole nitrogens is 4. The van der Waals surface area contributed by atoms with Crippen LogP contribution in [0, 0.1) is 0 Å². The average molecular weight is 1380 g/mol. The Morgan fingerprint density at radius 3 is 1.33 bits per heavy atom. The van der Waals surface area contributed by atoms with Crippen molar-refractivity contribution in [1.82, 2.24) is 48.5 Å². The number of carbonyl (C=O) groups excluding carboxylic acids is 8. The Balaban J connectivity index is 0.000000360. The Labute approximate surface area is 562 Å². The maximum atomic E-state index is 13.0. The van der Waals surface area contributed by atoms with Crippen LogP contribution in [0.1, 0.15) is 11.4 Å². The summed E-state index contributed by atoms with van der Waals surface area (Å²) >= 11 is 7.61. The third-order valence-electron chi connectivity index (χ3n) is 11.1. The van der Waals surface area contributed by atoms with Gasteiger partial charge in [0.2, 0.25) is 0 Å². The van der Waals surface area contributed by atoms with E-state index in [0.717, 1.165) is 64.2 Å². The number of rotatable bonds is 24. The number of hydrogen-bond donors (Lipinski definition) is 8. The number of carboxylic acid groups (broad SMARTS) is 4. The number of aliphatic carboxylic acids is 4. The molecule has 37 nitrogen and oxygen atoms in total.